The summed E-state index contributed by atoms with van der Waals surface area (Å²) in [5.41, 5.74) is 0.914. The number of amides is 1. The number of nitrogens with one attached hydrogen (secondary N) is 1. The van der Waals surface area contributed by atoms with Crippen molar-refractivity contribution in [3.8, 4) is 0 Å². The first-order valence-electron chi connectivity index (χ1n) is 5.14. The van der Waals surface area contributed by atoms with Gasteiger partial charge in [0.2, 0.25) is 0 Å². The van der Waals surface area contributed by atoms with Gasteiger partial charge in [-0.15, -0.1) is 12.4 Å². The number of furan rings is 1. The number of hydrogen-bond donors (Lipinski definition) is 1. The van der Waals surface area contributed by atoms with Crippen LogP contribution in [0.1, 0.15) is 21.9 Å². The highest BCUT2D eigenvalue weighted by atomic mass is 35.5. The van der Waals surface area contributed by atoms with Gasteiger partial charge >= 0.3 is 0 Å². The molecule has 90 valence electrons. The number of nitrogens with zero attached hydrogens (tertiary/aromatic N) is 1. The summed E-state index contributed by atoms with van der Waals surface area (Å²) in [6.07, 6.45) is 0. The van der Waals surface area contributed by atoms with Gasteiger partial charge in [-0.05, 0) is 19.9 Å². The van der Waals surface area contributed by atoms with Crippen LogP contribution < -0.4 is 5.32 Å². The number of likely N-dealkylation sites (N-methyl/N-ethyl adjacent to an activating group) is 1. The third-order valence-electron chi connectivity index (χ3n) is 2.86. The number of carbonyl (C=O) groups is 1. The van der Waals surface area contributed by atoms with Crippen molar-refractivity contribution in [1.29, 1.82) is 0 Å². The van der Waals surface area contributed by atoms with E-state index in [9.17, 15) is 4.79 Å². The van der Waals surface area contributed by atoms with Crippen molar-refractivity contribution in [1.82, 2.24) is 10.2 Å². The Labute approximate surface area is 101 Å². The third-order valence-corrected chi connectivity index (χ3v) is 2.86. The van der Waals surface area contributed by atoms with Crippen LogP contribution in [0.5, 0.6) is 0 Å². The van der Waals surface area contributed by atoms with Crippen LogP contribution in [0.3, 0.4) is 0 Å². The zero-order valence-corrected chi connectivity index (χ0v) is 10.6. The average Bonchev–Trinajstić information content (AvgIpc) is 2.41. The maximum atomic E-state index is 12.0. The van der Waals surface area contributed by atoms with Gasteiger partial charge in [0.25, 0.3) is 5.91 Å². The number of aryl methyl sites for hydroxylation is 2. The van der Waals surface area contributed by atoms with Crippen LogP contribution in [0.15, 0.2) is 10.5 Å². The molecule has 1 aliphatic rings. The lowest BCUT2D eigenvalue weighted by molar-refractivity contribution is 0.0646. The minimum Gasteiger partial charge on any atom is -0.456 e. The number of halogens is 1. The highest BCUT2D eigenvalue weighted by Gasteiger charge is 2.28. The molecule has 1 fully saturated rings. The molecule has 5 heteroatoms. The van der Waals surface area contributed by atoms with Crippen molar-refractivity contribution in [3.63, 3.8) is 0 Å². The van der Waals surface area contributed by atoms with Gasteiger partial charge in [-0.25, -0.2) is 0 Å². The topological polar surface area (TPSA) is 45.5 Å². The van der Waals surface area contributed by atoms with Crippen LogP contribution in [0, 0.1) is 13.8 Å². The Balaban J connectivity index is 0.00000128. The molecule has 0 aliphatic carbocycles. The van der Waals surface area contributed by atoms with Crippen LogP contribution in [-0.4, -0.2) is 37.0 Å². The van der Waals surface area contributed by atoms with E-state index >= 15 is 0 Å². The van der Waals surface area contributed by atoms with Gasteiger partial charge in [0.05, 0.1) is 6.04 Å². The standard InChI is InChI=1S/C11H16N2O2.ClH/c1-7-4-8(2)15-10(7)11(14)13(3)9-5-12-6-9;/h4,9,12H,5-6H2,1-3H3;1H. The Morgan fingerprint density at radius 3 is 2.50 bits per heavy atom. The van der Waals surface area contributed by atoms with E-state index in [0.29, 0.717) is 11.8 Å². The Hall–Kier alpha value is -1.00. The van der Waals surface area contributed by atoms with E-state index < -0.39 is 0 Å². The van der Waals surface area contributed by atoms with Gasteiger partial charge in [-0.1, -0.05) is 0 Å². The summed E-state index contributed by atoms with van der Waals surface area (Å²) in [6.45, 7) is 5.51. The molecule has 1 aliphatic heterocycles. The van der Waals surface area contributed by atoms with Crippen molar-refractivity contribution in [2.24, 2.45) is 0 Å². The van der Waals surface area contributed by atoms with Gasteiger partial charge in [0.1, 0.15) is 5.76 Å². The molecule has 2 heterocycles. The Morgan fingerprint density at radius 1 is 1.50 bits per heavy atom. The molecule has 16 heavy (non-hydrogen) atoms. The molecule has 0 aromatic carbocycles. The van der Waals surface area contributed by atoms with Crippen LogP contribution in [0.4, 0.5) is 0 Å². The molecule has 0 radical (unpaired) electrons. The van der Waals surface area contributed by atoms with Gasteiger partial charge in [-0.3, -0.25) is 4.79 Å². The molecule has 0 spiro atoms. The fourth-order valence-electron chi connectivity index (χ4n) is 1.73. The average molecular weight is 245 g/mol. The maximum Gasteiger partial charge on any atom is 0.289 e. The summed E-state index contributed by atoms with van der Waals surface area (Å²) in [5, 5.41) is 3.14. The number of rotatable bonds is 2. The Bertz CT molecular complexity index is 385. The Morgan fingerprint density at radius 2 is 2.12 bits per heavy atom. The first kappa shape index (κ1) is 13.1. The summed E-state index contributed by atoms with van der Waals surface area (Å²) in [5.74, 6) is 1.24. The molecule has 1 N–H and O–H groups in total. The molecule has 0 atom stereocenters. The van der Waals surface area contributed by atoms with Gasteiger partial charge in [0, 0.05) is 25.7 Å². The lowest BCUT2D eigenvalue weighted by atomic mass is 10.1. The Kier molecular flexibility index (Phi) is 3.99. The monoisotopic (exact) mass is 244 g/mol. The zero-order valence-electron chi connectivity index (χ0n) is 9.74. The highest BCUT2D eigenvalue weighted by molar-refractivity contribution is 5.93. The molecule has 0 saturated carbocycles. The van der Waals surface area contributed by atoms with Gasteiger partial charge in [0.15, 0.2) is 5.76 Å². The molecule has 1 aromatic heterocycles. The number of carbonyl (C=O) groups excluding carboxylic acids is 1. The molecule has 1 aromatic rings. The second-order valence-corrected chi connectivity index (χ2v) is 4.10. The van der Waals surface area contributed by atoms with Crippen molar-refractivity contribution in [2.75, 3.05) is 20.1 Å². The SMILES string of the molecule is Cc1cc(C)c(C(=O)N(C)C2CNC2)o1.Cl. The lowest BCUT2D eigenvalue weighted by Gasteiger charge is -2.35. The molecule has 0 unspecified atom stereocenters. The maximum absolute atomic E-state index is 12.0. The minimum atomic E-state index is -0.0212. The van der Waals surface area contributed by atoms with E-state index in [1.165, 1.54) is 0 Å². The summed E-state index contributed by atoms with van der Waals surface area (Å²) in [6, 6.07) is 2.20. The summed E-state index contributed by atoms with van der Waals surface area (Å²) in [7, 11) is 1.82. The predicted octanol–water partition coefficient (Wildman–Crippen LogP) is 1.36. The predicted molar refractivity (Wildman–Crippen MR) is 64.2 cm³/mol. The van der Waals surface area contributed by atoms with E-state index in [-0.39, 0.29) is 18.3 Å². The van der Waals surface area contributed by atoms with E-state index in [2.05, 4.69) is 5.32 Å². The lowest BCUT2D eigenvalue weighted by Crippen LogP contribution is -2.57. The first-order valence-corrected chi connectivity index (χ1v) is 5.14. The van der Waals surface area contributed by atoms with Crippen molar-refractivity contribution in [3.05, 3.63) is 23.2 Å². The fourth-order valence-corrected chi connectivity index (χ4v) is 1.73. The summed E-state index contributed by atoms with van der Waals surface area (Å²) < 4.78 is 5.40. The van der Waals surface area contributed by atoms with Crippen molar-refractivity contribution in [2.45, 2.75) is 19.9 Å². The van der Waals surface area contributed by atoms with Crippen molar-refractivity contribution >= 4 is 18.3 Å². The smallest absolute Gasteiger partial charge is 0.289 e. The molecular formula is C11H17ClN2O2. The molecule has 4 nitrogen and oxygen atoms in total. The van der Waals surface area contributed by atoms with Gasteiger partial charge < -0.3 is 14.6 Å². The molecule has 0 bridgehead atoms. The van der Waals surface area contributed by atoms with Crippen LogP contribution in [0.25, 0.3) is 0 Å². The summed E-state index contributed by atoms with van der Waals surface area (Å²) >= 11 is 0. The quantitative estimate of drug-likeness (QED) is 0.855. The van der Waals surface area contributed by atoms with Crippen LogP contribution in [0.2, 0.25) is 0 Å². The molecule has 2 rings (SSSR count). The summed E-state index contributed by atoms with van der Waals surface area (Å²) in [4.78, 5) is 13.8. The van der Waals surface area contributed by atoms with Gasteiger partial charge in [-0.2, -0.15) is 0 Å². The van der Waals surface area contributed by atoms with Crippen LogP contribution in [-0.2, 0) is 0 Å². The molecule has 1 saturated heterocycles. The van der Waals surface area contributed by atoms with E-state index in [1.54, 1.807) is 4.90 Å². The second kappa shape index (κ2) is 4.89. The normalized spacial score (nSPS) is 15.2. The number of hydrogen-bond acceptors (Lipinski definition) is 3. The van der Waals surface area contributed by atoms with Crippen LogP contribution >= 0.6 is 12.4 Å². The van der Waals surface area contributed by atoms with E-state index in [0.717, 1.165) is 24.4 Å². The molecular weight excluding hydrogens is 228 g/mol. The highest BCUT2D eigenvalue weighted by Crippen LogP contribution is 2.17. The first-order chi connectivity index (χ1) is 7.09. The largest absolute Gasteiger partial charge is 0.456 e. The zero-order chi connectivity index (χ0) is 11.0. The van der Waals surface area contributed by atoms with Crippen molar-refractivity contribution < 1.29 is 9.21 Å². The van der Waals surface area contributed by atoms with E-state index in [1.807, 2.05) is 27.0 Å². The second-order valence-electron chi connectivity index (χ2n) is 4.10. The van der Waals surface area contributed by atoms with E-state index in [4.69, 9.17) is 4.42 Å². The molecule has 1 amide bonds. The minimum absolute atomic E-state index is 0. The third kappa shape index (κ3) is 2.23. The fraction of sp³-hybridized carbons (Fsp3) is 0.545.